The van der Waals surface area contributed by atoms with E-state index in [2.05, 4.69) is 26.6 Å². The number of para-hydroxylation sites is 1. The molecule has 1 saturated heterocycles. The summed E-state index contributed by atoms with van der Waals surface area (Å²) in [4.78, 5) is 11.7. The summed E-state index contributed by atoms with van der Waals surface area (Å²) in [6.45, 7) is 0.288. The number of halogens is 1. The Morgan fingerprint density at radius 1 is 1.50 bits per heavy atom. The topological polar surface area (TPSA) is 61.4 Å². The van der Waals surface area contributed by atoms with Gasteiger partial charge in [0.1, 0.15) is 0 Å². The normalized spacial score (nSPS) is 22.8. The molecule has 0 radical (unpaired) electrons. The zero-order chi connectivity index (χ0) is 13.0. The Hall–Kier alpha value is -0.720. The molecule has 6 heteroatoms. The summed E-state index contributed by atoms with van der Waals surface area (Å²) in [6.07, 6.45) is 0.729. The molecule has 0 spiro atoms. The summed E-state index contributed by atoms with van der Waals surface area (Å²) in [6, 6.07) is 7.10. The molecule has 0 aliphatic carbocycles. The molecule has 1 aliphatic rings. The number of benzene rings is 1. The van der Waals surface area contributed by atoms with Crippen molar-refractivity contribution in [1.82, 2.24) is 5.32 Å². The molecular weight excluding hydrogens is 316 g/mol. The van der Waals surface area contributed by atoms with Crippen molar-refractivity contribution in [3.63, 3.8) is 0 Å². The minimum Gasteiger partial charge on any atom is -0.387 e. The van der Waals surface area contributed by atoms with Crippen molar-refractivity contribution >= 4 is 39.4 Å². The van der Waals surface area contributed by atoms with Crippen LogP contribution in [0.2, 0.25) is 0 Å². The van der Waals surface area contributed by atoms with Crippen molar-refractivity contribution in [3.05, 3.63) is 28.7 Å². The molecule has 1 aromatic rings. The molecule has 1 aliphatic heterocycles. The first-order chi connectivity index (χ1) is 8.59. The van der Waals surface area contributed by atoms with E-state index in [4.69, 9.17) is 0 Å². The second-order valence-corrected chi connectivity index (χ2v) is 6.27. The minimum absolute atomic E-state index is 0.288. The third-order valence-electron chi connectivity index (χ3n) is 2.78. The first-order valence-corrected chi connectivity index (χ1v) is 7.63. The van der Waals surface area contributed by atoms with E-state index in [1.807, 2.05) is 24.3 Å². The first-order valence-electron chi connectivity index (χ1n) is 5.69. The highest BCUT2D eigenvalue weighted by molar-refractivity contribution is 9.10. The summed E-state index contributed by atoms with van der Waals surface area (Å²) in [7, 11) is 0. The number of urea groups is 1. The van der Waals surface area contributed by atoms with Crippen molar-refractivity contribution < 1.29 is 9.90 Å². The fourth-order valence-corrected chi connectivity index (χ4v) is 3.39. The van der Waals surface area contributed by atoms with E-state index < -0.39 is 5.60 Å². The van der Waals surface area contributed by atoms with Gasteiger partial charge in [-0.25, -0.2) is 4.79 Å². The quantitative estimate of drug-likeness (QED) is 0.797. The van der Waals surface area contributed by atoms with Crippen LogP contribution in [0.3, 0.4) is 0 Å². The number of rotatable bonds is 3. The molecular formula is C12H15BrN2O2S. The highest BCUT2D eigenvalue weighted by Gasteiger charge is 2.31. The van der Waals surface area contributed by atoms with E-state index in [0.717, 1.165) is 16.6 Å². The van der Waals surface area contributed by atoms with Gasteiger partial charge in [-0.2, -0.15) is 11.8 Å². The third kappa shape index (κ3) is 3.63. The van der Waals surface area contributed by atoms with Gasteiger partial charge in [0.15, 0.2) is 0 Å². The average Bonchev–Trinajstić information content (AvgIpc) is 2.77. The van der Waals surface area contributed by atoms with E-state index in [1.165, 1.54) is 0 Å². The molecule has 2 amide bonds. The van der Waals surface area contributed by atoms with Gasteiger partial charge in [-0.05, 0) is 40.2 Å². The van der Waals surface area contributed by atoms with Crippen molar-refractivity contribution in [2.24, 2.45) is 0 Å². The van der Waals surface area contributed by atoms with Gasteiger partial charge in [-0.1, -0.05) is 12.1 Å². The Morgan fingerprint density at radius 3 is 2.94 bits per heavy atom. The van der Waals surface area contributed by atoms with Gasteiger partial charge in [0, 0.05) is 16.8 Å². The second-order valence-electron chi connectivity index (χ2n) is 4.31. The molecule has 0 saturated carbocycles. The van der Waals surface area contributed by atoms with E-state index in [-0.39, 0.29) is 12.6 Å². The Morgan fingerprint density at radius 2 is 2.28 bits per heavy atom. The summed E-state index contributed by atoms with van der Waals surface area (Å²) in [5.41, 5.74) is -0.0431. The number of anilines is 1. The van der Waals surface area contributed by atoms with Gasteiger partial charge in [-0.15, -0.1) is 0 Å². The molecule has 0 bridgehead atoms. The van der Waals surface area contributed by atoms with Gasteiger partial charge < -0.3 is 15.7 Å². The van der Waals surface area contributed by atoms with Crippen molar-refractivity contribution in [1.29, 1.82) is 0 Å². The van der Waals surface area contributed by atoms with Crippen molar-refractivity contribution in [3.8, 4) is 0 Å². The summed E-state index contributed by atoms with van der Waals surface area (Å²) >= 11 is 5.07. The smallest absolute Gasteiger partial charge is 0.319 e. The van der Waals surface area contributed by atoms with Crippen LogP contribution in [0.1, 0.15) is 6.42 Å². The molecule has 3 N–H and O–H groups in total. The van der Waals surface area contributed by atoms with E-state index >= 15 is 0 Å². The lowest BCUT2D eigenvalue weighted by Crippen LogP contribution is -2.44. The molecule has 1 fully saturated rings. The van der Waals surface area contributed by atoms with Gasteiger partial charge >= 0.3 is 6.03 Å². The summed E-state index contributed by atoms with van der Waals surface area (Å²) in [5.74, 6) is 1.63. The first kappa shape index (κ1) is 13.7. The molecule has 2 rings (SSSR count). The number of aliphatic hydroxyl groups is 1. The predicted octanol–water partition coefficient (Wildman–Crippen LogP) is 2.44. The van der Waals surface area contributed by atoms with E-state index in [9.17, 15) is 9.90 Å². The molecule has 1 atom stereocenters. The molecule has 0 aromatic heterocycles. The Balaban J connectivity index is 1.84. The van der Waals surface area contributed by atoms with E-state index in [1.54, 1.807) is 11.8 Å². The number of thioether (sulfide) groups is 1. The zero-order valence-electron chi connectivity index (χ0n) is 9.78. The predicted molar refractivity (Wildman–Crippen MR) is 78.1 cm³/mol. The maximum atomic E-state index is 11.7. The standard InChI is InChI=1S/C12H15BrN2O2S/c13-9-3-1-2-4-10(9)15-11(16)14-7-12(17)5-6-18-8-12/h1-4,17H,5-8H2,(H2,14,15,16). The van der Waals surface area contributed by atoms with Gasteiger partial charge in [0.2, 0.25) is 0 Å². The van der Waals surface area contributed by atoms with Gasteiger partial charge in [-0.3, -0.25) is 0 Å². The van der Waals surface area contributed by atoms with Crippen LogP contribution in [0.25, 0.3) is 0 Å². The fraction of sp³-hybridized carbons (Fsp3) is 0.417. The molecule has 98 valence electrons. The summed E-state index contributed by atoms with van der Waals surface area (Å²) in [5, 5.41) is 15.5. The molecule has 18 heavy (non-hydrogen) atoms. The number of nitrogens with one attached hydrogen (secondary N) is 2. The van der Waals surface area contributed by atoms with Crippen LogP contribution in [0.5, 0.6) is 0 Å². The fourth-order valence-electron chi connectivity index (χ4n) is 1.71. The number of carbonyl (C=O) groups is 1. The van der Waals surface area contributed by atoms with Crippen LogP contribution in [0.4, 0.5) is 10.5 Å². The largest absolute Gasteiger partial charge is 0.387 e. The maximum absolute atomic E-state index is 11.7. The lowest BCUT2D eigenvalue weighted by atomic mass is 10.0. The van der Waals surface area contributed by atoms with Crippen LogP contribution in [0, 0.1) is 0 Å². The minimum atomic E-state index is -0.754. The van der Waals surface area contributed by atoms with Crippen molar-refractivity contribution in [2.45, 2.75) is 12.0 Å². The number of carbonyl (C=O) groups excluding carboxylic acids is 1. The number of hydrogen-bond acceptors (Lipinski definition) is 3. The van der Waals surface area contributed by atoms with Crippen LogP contribution in [-0.2, 0) is 0 Å². The number of amides is 2. The molecule has 1 aromatic carbocycles. The summed E-state index contributed by atoms with van der Waals surface area (Å²) < 4.78 is 0.829. The van der Waals surface area contributed by atoms with Crippen LogP contribution in [0.15, 0.2) is 28.7 Å². The van der Waals surface area contributed by atoms with Gasteiger partial charge in [0.05, 0.1) is 11.3 Å². The second kappa shape index (κ2) is 5.95. The molecule has 1 heterocycles. The Bertz CT molecular complexity index is 436. The molecule has 4 nitrogen and oxygen atoms in total. The highest BCUT2D eigenvalue weighted by atomic mass is 79.9. The van der Waals surface area contributed by atoms with Crippen LogP contribution in [-0.4, -0.2) is 34.8 Å². The van der Waals surface area contributed by atoms with E-state index in [0.29, 0.717) is 11.4 Å². The zero-order valence-corrected chi connectivity index (χ0v) is 12.2. The SMILES string of the molecule is O=C(NCC1(O)CCSC1)Nc1ccccc1Br. The number of hydrogen-bond donors (Lipinski definition) is 3. The lowest BCUT2D eigenvalue weighted by molar-refractivity contribution is 0.0706. The maximum Gasteiger partial charge on any atom is 0.319 e. The average molecular weight is 331 g/mol. The van der Waals surface area contributed by atoms with Gasteiger partial charge in [0.25, 0.3) is 0 Å². The van der Waals surface area contributed by atoms with Crippen molar-refractivity contribution in [2.75, 3.05) is 23.4 Å². The highest BCUT2D eigenvalue weighted by Crippen LogP contribution is 2.27. The Labute approximate surface area is 119 Å². The third-order valence-corrected chi connectivity index (χ3v) is 4.71. The lowest BCUT2D eigenvalue weighted by Gasteiger charge is -2.21. The molecule has 1 unspecified atom stereocenters. The monoisotopic (exact) mass is 330 g/mol. The van der Waals surface area contributed by atoms with Crippen LogP contribution >= 0.6 is 27.7 Å². The Kier molecular flexibility index (Phi) is 4.53. The van der Waals surface area contributed by atoms with Crippen LogP contribution < -0.4 is 10.6 Å².